The van der Waals surface area contributed by atoms with E-state index in [0.717, 1.165) is 0 Å². The van der Waals surface area contributed by atoms with Gasteiger partial charge >= 0.3 is 0 Å². The number of fused-ring (bicyclic) bond motifs is 2. The number of ketones is 2. The molecule has 1 fully saturated rings. The molecule has 2 aromatic carbocycles. The predicted molar refractivity (Wildman–Crippen MR) is 106 cm³/mol. The molecule has 4 rings (SSSR count). The minimum absolute atomic E-state index is 0.0814. The van der Waals surface area contributed by atoms with Crippen molar-refractivity contribution in [3.8, 4) is 11.5 Å². The highest BCUT2D eigenvalue weighted by atomic mass is 16.7. The van der Waals surface area contributed by atoms with Crippen LogP contribution < -0.4 is 0 Å². The first-order valence-electron chi connectivity index (χ1n) is 9.59. The number of aliphatic hydroxyl groups is 1. The number of carbonyl (C=O) groups excluding carboxylic acids is 2. The first-order valence-corrected chi connectivity index (χ1v) is 9.59. The van der Waals surface area contributed by atoms with E-state index < -0.39 is 47.6 Å². The maximum Gasteiger partial charge on any atom is 0.198 e. The van der Waals surface area contributed by atoms with E-state index in [2.05, 4.69) is 10.0 Å². The molecular weight excluding hydrogens is 406 g/mol. The van der Waals surface area contributed by atoms with Gasteiger partial charge in [-0.15, -0.1) is 0 Å². The van der Waals surface area contributed by atoms with Crippen LogP contribution >= 0.6 is 0 Å². The Morgan fingerprint density at radius 3 is 2.48 bits per heavy atom. The van der Waals surface area contributed by atoms with Crippen molar-refractivity contribution >= 4 is 11.6 Å². The van der Waals surface area contributed by atoms with Gasteiger partial charge in [0, 0.05) is 28.0 Å². The smallest absolute Gasteiger partial charge is 0.198 e. The van der Waals surface area contributed by atoms with Crippen molar-refractivity contribution < 1.29 is 34.4 Å². The molecule has 1 heterocycles. The standard InChI is InChI=1S/C21H19N3O7/c1-9-18(26)13(23-24-22)7-15(31-9)30-8-10-6-14(25)16-17(19(10)27)21(29)12-5-3-2-4-11(12)20(16)28/h2-6,9,13,15,18,25-27H,7-8H2,1H3/t9-,13+,15+,18-/m0/s1. The number of aliphatic hydroxyl groups excluding tert-OH is 1. The van der Waals surface area contributed by atoms with Crippen LogP contribution in [0.5, 0.6) is 11.5 Å². The molecule has 31 heavy (non-hydrogen) atoms. The van der Waals surface area contributed by atoms with Crippen molar-refractivity contribution in [2.45, 2.75) is 44.5 Å². The van der Waals surface area contributed by atoms with Crippen LogP contribution in [0.15, 0.2) is 35.4 Å². The molecular formula is C21H19N3O7. The topological polar surface area (TPSA) is 162 Å². The molecule has 10 heteroatoms. The van der Waals surface area contributed by atoms with E-state index in [1.165, 1.54) is 18.2 Å². The molecule has 0 amide bonds. The third-order valence-electron chi connectivity index (χ3n) is 5.53. The lowest BCUT2D eigenvalue weighted by atomic mass is 9.82. The van der Waals surface area contributed by atoms with E-state index >= 15 is 0 Å². The van der Waals surface area contributed by atoms with Gasteiger partial charge in [-0.3, -0.25) is 9.59 Å². The summed E-state index contributed by atoms with van der Waals surface area (Å²) in [5, 5.41) is 34.7. The predicted octanol–water partition coefficient (Wildman–Crippen LogP) is 2.56. The number of nitrogens with zero attached hydrogens (tertiary/aromatic N) is 3. The van der Waals surface area contributed by atoms with Gasteiger partial charge in [0.25, 0.3) is 0 Å². The molecule has 1 aliphatic heterocycles. The van der Waals surface area contributed by atoms with Crippen molar-refractivity contribution in [3.63, 3.8) is 0 Å². The Balaban J connectivity index is 1.62. The summed E-state index contributed by atoms with van der Waals surface area (Å²) in [5.74, 6) is -2.04. The second kappa shape index (κ2) is 8.01. The van der Waals surface area contributed by atoms with Crippen molar-refractivity contribution in [2.75, 3.05) is 0 Å². The van der Waals surface area contributed by atoms with Crippen LogP contribution in [0.25, 0.3) is 10.4 Å². The van der Waals surface area contributed by atoms with Crippen molar-refractivity contribution in [3.05, 3.63) is 68.6 Å². The van der Waals surface area contributed by atoms with Crippen LogP contribution in [-0.2, 0) is 16.1 Å². The summed E-state index contributed by atoms with van der Waals surface area (Å²) in [4.78, 5) is 28.4. The Morgan fingerprint density at radius 2 is 1.84 bits per heavy atom. The highest BCUT2D eigenvalue weighted by molar-refractivity contribution is 6.30. The third-order valence-corrected chi connectivity index (χ3v) is 5.53. The molecule has 160 valence electrons. The van der Waals surface area contributed by atoms with Gasteiger partial charge in [-0.1, -0.05) is 29.4 Å². The van der Waals surface area contributed by atoms with Gasteiger partial charge in [0.1, 0.15) is 11.5 Å². The van der Waals surface area contributed by atoms with Crippen LogP contribution in [-0.4, -0.2) is 51.4 Å². The molecule has 1 aliphatic carbocycles. The number of ether oxygens (including phenoxy) is 2. The minimum Gasteiger partial charge on any atom is -0.507 e. The average Bonchev–Trinajstić information content (AvgIpc) is 2.75. The lowest BCUT2D eigenvalue weighted by molar-refractivity contribution is -0.226. The Hall–Kier alpha value is -3.43. The number of hydrogen-bond donors (Lipinski definition) is 3. The number of carbonyl (C=O) groups is 2. The van der Waals surface area contributed by atoms with Gasteiger partial charge in [-0.2, -0.15) is 0 Å². The number of rotatable bonds is 4. The summed E-state index contributed by atoms with van der Waals surface area (Å²) < 4.78 is 11.2. The number of phenolic OH excluding ortho intramolecular Hbond substituents is 2. The summed E-state index contributed by atoms with van der Waals surface area (Å²) in [6.07, 6.45) is -2.42. The molecule has 4 atom stereocenters. The number of azide groups is 1. The molecule has 0 bridgehead atoms. The van der Waals surface area contributed by atoms with E-state index in [4.69, 9.17) is 15.0 Å². The van der Waals surface area contributed by atoms with E-state index in [-0.39, 0.29) is 40.8 Å². The second-order valence-electron chi connectivity index (χ2n) is 7.44. The number of aromatic hydroxyl groups is 2. The molecule has 0 radical (unpaired) electrons. The van der Waals surface area contributed by atoms with Crippen molar-refractivity contribution in [1.29, 1.82) is 0 Å². The van der Waals surface area contributed by atoms with Crippen molar-refractivity contribution in [2.24, 2.45) is 5.11 Å². The van der Waals surface area contributed by atoms with Gasteiger partial charge in [0.05, 0.1) is 36.0 Å². The molecule has 2 aromatic rings. The lowest BCUT2D eigenvalue weighted by Crippen LogP contribution is -2.46. The van der Waals surface area contributed by atoms with Gasteiger partial charge in [-0.25, -0.2) is 0 Å². The number of benzene rings is 2. The van der Waals surface area contributed by atoms with Gasteiger partial charge < -0.3 is 24.8 Å². The minimum atomic E-state index is -0.986. The van der Waals surface area contributed by atoms with E-state index in [0.29, 0.717) is 0 Å². The van der Waals surface area contributed by atoms with Crippen molar-refractivity contribution in [1.82, 2.24) is 0 Å². The fraction of sp³-hybridized carbons (Fsp3) is 0.333. The zero-order valence-corrected chi connectivity index (χ0v) is 16.4. The summed E-state index contributed by atoms with van der Waals surface area (Å²) in [6, 6.07) is 6.60. The van der Waals surface area contributed by atoms with Crippen LogP contribution in [0.2, 0.25) is 0 Å². The molecule has 2 aliphatic rings. The van der Waals surface area contributed by atoms with E-state index in [1.54, 1.807) is 19.1 Å². The SMILES string of the molecule is C[C@@H]1O[C@@H](OCc2cc(O)c3c(c2O)C(=O)c2ccccc2C3=O)C[C@@H](N=[N+]=[N-])[C@H]1O. The van der Waals surface area contributed by atoms with Gasteiger partial charge in [0.15, 0.2) is 17.9 Å². The van der Waals surface area contributed by atoms with Gasteiger partial charge in [-0.05, 0) is 18.5 Å². The van der Waals surface area contributed by atoms with E-state index in [1.807, 2.05) is 0 Å². The third kappa shape index (κ3) is 3.51. The lowest BCUT2D eigenvalue weighted by Gasteiger charge is -2.35. The van der Waals surface area contributed by atoms with Crippen LogP contribution in [0.3, 0.4) is 0 Å². The molecule has 0 spiro atoms. The second-order valence-corrected chi connectivity index (χ2v) is 7.44. The molecule has 1 saturated heterocycles. The molecule has 0 unspecified atom stereocenters. The number of hydrogen-bond acceptors (Lipinski definition) is 8. The Kier molecular flexibility index (Phi) is 5.38. The first kappa shape index (κ1) is 20.8. The van der Waals surface area contributed by atoms with Crippen LogP contribution in [0.4, 0.5) is 0 Å². The fourth-order valence-corrected chi connectivity index (χ4v) is 3.92. The Labute approximate surface area is 176 Å². The largest absolute Gasteiger partial charge is 0.507 e. The zero-order chi connectivity index (χ0) is 22.3. The maximum atomic E-state index is 12.9. The molecule has 10 nitrogen and oxygen atoms in total. The monoisotopic (exact) mass is 425 g/mol. The molecule has 0 aromatic heterocycles. The van der Waals surface area contributed by atoms with Crippen LogP contribution in [0, 0.1) is 0 Å². The summed E-state index contributed by atoms with van der Waals surface area (Å²) >= 11 is 0. The average molecular weight is 425 g/mol. The highest BCUT2D eigenvalue weighted by Gasteiger charge is 2.37. The van der Waals surface area contributed by atoms with E-state index in [9.17, 15) is 24.9 Å². The van der Waals surface area contributed by atoms with Crippen LogP contribution in [0.1, 0.15) is 50.8 Å². The quantitative estimate of drug-likeness (QED) is 0.250. The Bertz CT molecular complexity index is 1130. The highest BCUT2D eigenvalue weighted by Crippen LogP contribution is 2.40. The first-order chi connectivity index (χ1) is 14.8. The normalized spacial score (nSPS) is 24.8. The van der Waals surface area contributed by atoms with Gasteiger partial charge in [0.2, 0.25) is 0 Å². The maximum absolute atomic E-state index is 12.9. The molecule has 0 saturated carbocycles. The molecule has 3 N–H and O–H groups in total. The zero-order valence-electron chi connectivity index (χ0n) is 16.4. The summed E-state index contributed by atoms with van der Waals surface area (Å²) in [5.41, 5.74) is 8.51. The summed E-state index contributed by atoms with van der Waals surface area (Å²) in [6.45, 7) is 1.34. The fourth-order valence-electron chi connectivity index (χ4n) is 3.92. The Morgan fingerprint density at radius 1 is 1.19 bits per heavy atom. The summed E-state index contributed by atoms with van der Waals surface area (Å²) in [7, 11) is 0. The number of phenols is 2.